The lowest BCUT2D eigenvalue weighted by molar-refractivity contribution is 0.111. The Morgan fingerprint density at radius 2 is 0.921 bits per heavy atom. The summed E-state index contributed by atoms with van der Waals surface area (Å²) in [6.07, 6.45) is 16.4. The molecule has 0 aliphatic heterocycles. The molecule has 0 unspecified atom stereocenters. The molecule has 6 heteroatoms. The Morgan fingerprint density at radius 1 is 0.553 bits per heavy atom. The molecule has 204 valence electrons. The third-order valence-electron chi connectivity index (χ3n) is 7.11. The molecule has 2 aromatic heterocycles. The van der Waals surface area contributed by atoms with E-state index in [2.05, 4.69) is 26.0 Å². The van der Waals surface area contributed by atoms with Crippen LogP contribution in [0.4, 0.5) is 0 Å². The van der Waals surface area contributed by atoms with E-state index in [1.54, 1.807) is 0 Å². The zero-order valence-electron chi connectivity index (χ0n) is 22.8. The third kappa shape index (κ3) is 6.95. The van der Waals surface area contributed by atoms with Gasteiger partial charge in [-0.1, -0.05) is 78.1 Å². The molecule has 0 aliphatic carbocycles. The molecule has 4 nitrogen and oxygen atoms in total. The molecule has 4 rings (SSSR count). The maximum absolute atomic E-state index is 11.6. The molecule has 4 aromatic rings. The van der Waals surface area contributed by atoms with Crippen LogP contribution < -0.4 is 9.47 Å². The number of fused-ring (bicyclic) bond motifs is 6. The fourth-order valence-corrected chi connectivity index (χ4v) is 7.06. The van der Waals surface area contributed by atoms with E-state index < -0.39 is 0 Å². The molecular weight excluding hydrogens is 512 g/mol. The van der Waals surface area contributed by atoms with Gasteiger partial charge in [0.1, 0.15) is 0 Å². The smallest absolute Gasteiger partial charge is 0.161 e. The van der Waals surface area contributed by atoms with Crippen LogP contribution in [0.2, 0.25) is 0 Å². The second-order valence-corrected chi connectivity index (χ2v) is 12.3. The minimum absolute atomic E-state index is 0.661. The largest absolute Gasteiger partial charge is 0.490 e. The van der Waals surface area contributed by atoms with Crippen molar-refractivity contribution in [2.75, 3.05) is 13.2 Å². The molecular formula is C32H40O4S2. The highest BCUT2D eigenvalue weighted by molar-refractivity contribution is 7.24. The van der Waals surface area contributed by atoms with Crippen molar-refractivity contribution in [1.82, 2.24) is 0 Å². The summed E-state index contributed by atoms with van der Waals surface area (Å²) in [5.41, 5.74) is 0. The Balaban J connectivity index is 1.64. The first-order valence-electron chi connectivity index (χ1n) is 14.3. The average Bonchev–Trinajstić information content (AvgIpc) is 3.57. The molecule has 2 heterocycles. The van der Waals surface area contributed by atoms with Gasteiger partial charge in [0.25, 0.3) is 0 Å². The normalized spacial score (nSPS) is 11.5. The summed E-state index contributed by atoms with van der Waals surface area (Å²) in [5, 5.41) is 4.14. The van der Waals surface area contributed by atoms with Crippen molar-refractivity contribution in [3.8, 4) is 11.5 Å². The minimum Gasteiger partial charge on any atom is -0.490 e. The van der Waals surface area contributed by atoms with Gasteiger partial charge in [-0.05, 0) is 37.1 Å². The lowest BCUT2D eigenvalue weighted by atomic mass is 10.0. The van der Waals surface area contributed by atoms with Crippen molar-refractivity contribution in [3.05, 3.63) is 34.0 Å². The van der Waals surface area contributed by atoms with Crippen molar-refractivity contribution >= 4 is 66.2 Å². The van der Waals surface area contributed by atoms with Crippen LogP contribution >= 0.6 is 22.7 Å². The van der Waals surface area contributed by atoms with Gasteiger partial charge in [0.15, 0.2) is 24.1 Å². The van der Waals surface area contributed by atoms with Gasteiger partial charge in [-0.3, -0.25) is 9.59 Å². The maximum Gasteiger partial charge on any atom is 0.161 e. The lowest BCUT2D eigenvalue weighted by Crippen LogP contribution is -2.03. The van der Waals surface area contributed by atoms with E-state index in [-0.39, 0.29) is 0 Å². The number of carbonyl (C=O) groups excluding carboxylic acids is 2. The molecule has 0 aliphatic rings. The first-order valence-corrected chi connectivity index (χ1v) is 16.0. The standard InChI is InChI=1S/C32H40O4S2/c1-3-5-7-9-11-13-15-35-29-19-27-28(20-30(29)36-16-14-12-10-8-6-4-2)32-26(18-24(22-34)38-32)25-17-23(21-33)37-31(25)27/h17-22H,3-16H2,1-2H3. The molecule has 0 saturated heterocycles. The van der Waals surface area contributed by atoms with Crippen LogP contribution in [0.1, 0.15) is 110 Å². The van der Waals surface area contributed by atoms with Gasteiger partial charge in [-0.15, -0.1) is 22.7 Å². The number of hydrogen-bond donors (Lipinski definition) is 0. The molecule has 38 heavy (non-hydrogen) atoms. The number of thiophene rings is 2. The van der Waals surface area contributed by atoms with Crippen molar-refractivity contribution in [2.45, 2.75) is 90.9 Å². The molecule has 0 bridgehead atoms. The number of aldehydes is 2. The number of carbonyl (C=O) groups is 2. The summed E-state index contributed by atoms with van der Waals surface area (Å²) < 4.78 is 14.8. The van der Waals surface area contributed by atoms with Gasteiger partial charge >= 0.3 is 0 Å². The molecule has 0 saturated carbocycles. The predicted octanol–water partition coefficient (Wildman–Crippen LogP) is 10.4. The monoisotopic (exact) mass is 552 g/mol. The highest BCUT2D eigenvalue weighted by Gasteiger charge is 2.18. The Labute approximate surface area is 234 Å². The zero-order valence-corrected chi connectivity index (χ0v) is 24.4. The number of benzene rings is 2. The summed E-state index contributed by atoms with van der Waals surface area (Å²) >= 11 is 2.99. The fourth-order valence-electron chi connectivity index (χ4n) is 5.03. The van der Waals surface area contributed by atoms with Crippen molar-refractivity contribution in [1.29, 1.82) is 0 Å². The second-order valence-electron chi connectivity index (χ2n) is 10.1. The van der Waals surface area contributed by atoms with Crippen LogP contribution in [0, 0.1) is 0 Å². The van der Waals surface area contributed by atoms with Crippen LogP contribution in [-0.2, 0) is 0 Å². The third-order valence-corrected chi connectivity index (χ3v) is 9.30. The van der Waals surface area contributed by atoms with Gasteiger partial charge in [-0.2, -0.15) is 0 Å². The molecule has 0 radical (unpaired) electrons. The highest BCUT2D eigenvalue weighted by atomic mass is 32.1. The number of rotatable bonds is 18. The highest BCUT2D eigenvalue weighted by Crippen LogP contribution is 2.46. The summed E-state index contributed by atoms with van der Waals surface area (Å²) in [4.78, 5) is 24.7. The van der Waals surface area contributed by atoms with E-state index in [0.717, 1.165) is 67.9 Å². The summed E-state index contributed by atoms with van der Waals surface area (Å²) in [6, 6.07) is 8.07. The van der Waals surface area contributed by atoms with Crippen molar-refractivity contribution in [2.24, 2.45) is 0 Å². The van der Waals surface area contributed by atoms with E-state index >= 15 is 0 Å². The van der Waals surface area contributed by atoms with Gasteiger partial charge in [0.2, 0.25) is 0 Å². The van der Waals surface area contributed by atoms with Crippen LogP contribution in [0.3, 0.4) is 0 Å². The van der Waals surface area contributed by atoms with Gasteiger partial charge < -0.3 is 9.47 Å². The Hall–Kier alpha value is -2.44. The maximum atomic E-state index is 11.6. The zero-order chi connectivity index (χ0) is 26.7. The Bertz CT molecular complexity index is 1250. The first kappa shape index (κ1) is 28.6. The molecule has 2 aromatic carbocycles. The van der Waals surface area contributed by atoms with Crippen molar-refractivity contribution < 1.29 is 19.1 Å². The van der Waals surface area contributed by atoms with E-state index in [9.17, 15) is 9.59 Å². The SMILES string of the molecule is CCCCCCCCOc1cc2c(cc1OCCCCCCCC)c1sc(C=O)cc1c1cc(C=O)sc12. The van der Waals surface area contributed by atoms with Crippen LogP contribution in [0.25, 0.3) is 30.9 Å². The number of ether oxygens (including phenoxy) is 2. The topological polar surface area (TPSA) is 52.6 Å². The molecule has 0 atom stereocenters. The predicted molar refractivity (Wildman–Crippen MR) is 163 cm³/mol. The Kier molecular flexibility index (Phi) is 11.0. The summed E-state index contributed by atoms with van der Waals surface area (Å²) in [6.45, 7) is 5.80. The quantitative estimate of drug-likeness (QED) is 0.0910. The first-order chi connectivity index (χ1) is 18.7. The molecule has 0 fully saturated rings. The second kappa shape index (κ2) is 14.6. The molecule has 0 spiro atoms. The molecule has 0 amide bonds. The fraction of sp³-hybridized carbons (Fsp3) is 0.500. The Morgan fingerprint density at radius 3 is 1.32 bits per heavy atom. The van der Waals surface area contributed by atoms with E-state index in [4.69, 9.17) is 9.47 Å². The van der Waals surface area contributed by atoms with E-state index in [0.29, 0.717) is 23.0 Å². The summed E-state index contributed by atoms with van der Waals surface area (Å²) in [7, 11) is 0. The van der Waals surface area contributed by atoms with Crippen LogP contribution in [0.15, 0.2) is 24.3 Å². The molecule has 0 N–H and O–H groups in total. The van der Waals surface area contributed by atoms with Crippen molar-refractivity contribution in [3.63, 3.8) is 0 Å². The van der Waals surface area contributed by atoms with Gasteiger partial charge in [-0.25, -0.2) is 0 Å². The average molecular weight is 553 g/mol. The van der Waals surface area contributed by atoms with Crippen LogP contribution in [0.5, 0.6) is 11.5 Å². The van der Waals surface area contributed by atoms with Crippen LogP contribution in [-0.4, -0.2) is 25.8 Å². The summed E-state index contributed by atoms with van der Waals surface area (Å²) in [5.74, 6) is 1.54. The van der Waals surface area contributed by atoms with Gasteiger partial charge in [0.05, 0.1) is 23.0 Å². The lowest BCUT2D eigenvalue weighted by Gasteiger charge is -2.15. The van der Waals surface area contributed by atoms with E-state index in [1.165, 1.54) is 86.9 Å². The van der Waals surface area contributed by atoms with E-state index in [1.807, 2.05) is 12.1 Å². The number of unbranched alkanes of at least 4 members (excludes halogenated alkanes) is 10. The number of hydrogen-bond acceptors (Lipinski definition) is 6. The minimum atomic E-state index is 0.661. The van der Waals surface area contributed by atoms with Gasteiger partial charge in [0, 0.05) is 30.9 Å².